The maximum absolute atomic E-state index is 12.3. The Kier molecular flexibility index (Phi) is 6.79. The Morgan fingerprint density at radius 1 is 0.967 bits per heavy atom. The molecule has 3 amide bonds. The minimum Gasteiger partial charge on any atom is -0.455 e. The molecule has 156 valence electrons. The molecule has 30 heavy (non-hydrogen) atoms. The summed E-state index contributed by atoms with van der Waals surface area (Å²) in [5.41, 5.74) is 2.05. The average Bonchev–Trinajstić information content (AvgIpc) is 3.52. The molecule has 1 aliphatic rings. The first kappa shape index (κ1) is 21.0. The molecular weight excluding hydrogens is 386 g/mol. The highest BCUT2D eigenvalue weighted by molar-refractivity contribution is 6.04. The number of hydrogen-bond donors (Lipinski definition) is 3. The number of carbonyl (C=O) groups excluding carboxylic acids is 4. The maximum Gasteiger partial charge on any atom is 0.310 e. The summed E-state index contributed by atoms with van der Waals surface area (Å²) in [6.45, 7) is 0.954. The van der Waals surface area contributed by atoms with E-state index in [4.69, 9.17) is 4.74 Å². The molecule has 8 nitrogen and oxygen atoms in total. The molecule has 0 spiro atoms. The Labute approximate surface area is 174 Å². The summed E-state index contributed by atoms with van der Waals surface area (Å²) in [4.78, 5) is 47.5. The molecule has 0 aromatic heterocycles. The van der Waals surface area contributed by atoms with E-state index in [0.717, 1.165) is 12.8 Å². The summed E-state index contributed by atoms with van der Waals surface area (Å²) >= 11 is 0. The molecule has 1 aliphatic carbocycles. The molecule has 2 aromatic carbocycles. The van der Waals surface area contributed by atoms with Gasteiger partial charge in [0.1, 0.15) is 0 Å². The minimum atomic E-state index is -0.558. The Morgan fingerprint density at radius 3 is 2.33 bits per heavy atom. The molecule has 1 saturated carbocycles. The third-order valence-electron chi connectivity index (χ3n) is 4.35. The lowest BCUT2D eigenvalue weighted by Crippen LogP contribution is -2.28. The monoisotopic (exact) mass is 409 g/mol. The number of anilines is 2. The third kappa shape index (κ3) is 6.44. The molecule has 3 N–H and O–H groups in total. The van der Waals surface area contributed by atoms with Gasteiger partial charge in [0, 0.05) is 18.7 Å². The fourth-order valence-corrected chi connectivity index (χ4v) is 2.74. The zero-order valence-corrected chi connectivity index (χ0v) is 16.6. The van der Waals surface area contributed by atoms with Crippen LogP contribution >= 0.6 is 0 Å². The van der Waals surface area contributed by atoms with Crippen molar-refractivity contribution in [2.45, 2.75) is 32.2 Å². The van der Waals surface area contributed by atoms with Gasteiger partial charge in [0.2, 0.25) is 5.91 Å². The number of esters is 1. The number of benzene rings is 2. The molecule has 0 atom stereocenters. The van der Waals surface area contributed by atoms with Crippen molar-refractivity contribution in [1.82, 2.24) is 5.32 Å². The van der Waals surface area contributed by atoms with Crippen LogP contribution in [0.1, 0.15) is 35.7 Å². The second-order valence-corrected chi connectivity index (χ2v) is 7.06. The number of amides is 3. The lowest BCUT2D eigenvalue weighted by molar-refractivity contribution is -0.146. The van der Waals surface area contributed by atoms with Crippen LogP contribution in [0.3, 0.4) is 0 Å². The average molecular weight is 409 g/mol. The highest BCUT2D eigenvalue weighted by atomic mass is 16.5. The highest BCUT2D eigenvalue weighted by Crippen LogP contribution is 2.21. The van der Waals surface area contributed by atoms with Crippen molar-refractivity contribution >= 4 is 35.1 Å². The van der Waals surface area contributed by atoms with Gasteiger partial charge in [-0.1, -0.05) is 24.3 Å². The van der Waals surface area contributed by atoms with Crippen molar-refractivity contribution in [3.63, 3.8) is 0 Å². The topological polar surface area (TPSA) is 114 Å². The van der Waals surface area contributed by atoms with E-state index in [1.807, 2.05) is 0 Å². The number of nitrogens with one attached hydrogen (secondary N) is 3. The second-order valence-electron chi connectivity index (χ2n) is 7.06. The summed E-state index contributed by atoms with van der Waals surface area (Å²) in [7, 11) is 0. The fraction of sp³-hybridized carbons (Fsp3) is 0.273. The molecule has 0 bridgehead atoms. The van der Waals surface area contributed by atoms with Crippen LogP contribution in [0, 0.1) is 0 Å². The summed E-state index contributed by atoms with van der Waals surface area (Å²) < 4.78 is 5.03. The molecule has 3 rings (SSSR count). The van der Waals surface area contributed by atoms with Crippen LogP contribution in [0.25, 0.3) is 0 Å². The number of para-hydroxylation sites is 1. The zero-order chi connectivity index (χ0) is 21.5. The molecule has 0 saturated heterocycles. The summed E-state index contributed by atoms with van der Waals surface area (Å²) in [5, 5.41) is 8.13. The largest absolute Gasteiger partial charge is 0.455 e. The molecule has 8 heteroatoms. The predicted molar refractivity (Wildman–Crippen MR) is 111 cm³/mol. The van der Waals surface area contributed by atoms with Gasteiger partial charge in [-0.25, -0.2) is 0 Å². The van der Waals surface area contributed by atoms with Gasteiger partial charge in [-0.2, -0.15) is 0 Å². The predicted octanol–water partition coefficient (Wildman–Crippen LogP) is 2.26. The zero-order valence-electron chi connectivity index (χ0n) is 16.6. The first-order valence-electron chi connectivity index (χ1n) is 9.62. The van der Waals surface area contributed by atoms with Gasteiger partial charge < -0.3 is 20.7 Å². The summed E-state index contributed by atoms with van der Waals surface area (Å²) in [5.74, 6) is -1.51. The summed E-state index contributed by atoms with van der Waals surface area (Å²) in [6.07, 6.45) is 1.92. The number of hydrogen-bond acceptors (Lipinski definition) is 5. The van der Waals surface area contributed by atoms with Crippen LogP contribution < -0.4 is 16.0 Å². The minimum absolute atomic E-state index is 0.00594. The van der Waals surface area contributed by atoms with Crippen LogP contribution in [-0.2, 0) is 25.5 Å². The van der Waals surface area contributed by atoms with Crippen LogP contribution in [0.15, 0.2) is 48.5 Å². The second kappa shape index (κ2) is 9.69. The van der Waals surface area contributed by atoms with Gasteiger partial charge in [-0.15, -0.1) is 0 Å². The molecule has 0 aliphatic heterocycles. The molecular formula is C22H23N3O5. The lowest BCUT2D eigenvalue weighted by Gasteiger charge is -2.11. The van der Waals surface area contributed by atoms with Crippen LogP contribution in [0.5, 0.6) is 0 Å². The van der Waals surface area contributed by atoms with Crippen molar-refractivity contribution in [1.29, 1.82) is 0 Å². The van der Waals surface area contributed by atoms with E-state index in [2.05, 4.69) is 16.0 Å². The third-order valence-corrected chi connectivity index (χ3v) is 4.35. The van der Waals surface area contributed by atoms with Crippen molar-refractivity contribution in [2.24, 2.45) is 0 Å². The number of rotatable bonds is 8. The molecule has 0 unspecified atom stereocenters. The van der Waals surface area contributed by atoms with E-state index in [0.29, 0.717) is 22.5 Å². The standard InChI is InChI=1S/C22H23N3O5/c1-14(26)23-16-8-6-15(7-9-16)12-21(28)30-13-20(27)25-19-5-3-2-4-18(19)22(29)24-17-10-11-17/h2-9,17H,10-13H2,1H3,(H,23,26)(H,24,29)(H,25,27). The fourth-order valence-electron chi connectivity index (χ4n) is 2.74. The van der Waals surface area contributed by atoms with Gasteiger partial charge >= 0.3 is 5.97 Å². The molecule has 2 aromatic rings. The van der Waals surface area contributed by atoms with Crippen LogP contribution in [0.4, 0.5) is 11.4 Å². The van der Waals surface area contributed by atoms with E-state index in [1.54, 1.807) is 48.5 Å². The maximum atomic E-state index is 12.3. The van der Waals surface area contributed by atoms with Crippen molar-refractivity contribution in [3.05, 3.63) is 59.7 Å². The Morgan fingerprint density at radius 2 is 1.67 bits per heavy atom. The number of carbonyl (C=O) groups is 4. The lowest BCUT2D eigenvalue weighted by atomic mass is 10.1. The quantitative estimate of drug-likeness (QED) is 0.579. The van der Waals surface area contributed by atoms with Gasteiger partial charge in [0.05, 0.1) is 17.7 Å². The van der Waals surface area contributed by atoms with Gasteiger partial charge in [-0.3, -0.25) is 19.2 Å². The van der Waals surface area contributed by atoms with Gasteiger partial charge in [-0.05, 0) is 42.7 Å². The van der Waals surface area contributed by atoms with Crippen LogP contribution in [-0.4, -0.2) is 36.3 Å². The first-order chi connectivity index (χ1) is 14.4. The summed E-state index contributed by atoms with van der Waals surface area (Å²) in [6, 6.07) is 13.6. The van der Waals surface area contributed by atoms with Crippen molar-refractivity contribution in [2.75, 3.05) is 17.2 Å². The van der Waals surface area contributed by atoms with E-state index < -0.39 is 18.5 Å². The van der Waals surface area contributed by atoms with Crippen LogP contribution in [0.2, 0.25) is 0 Å². The van der Waals surface area contributed by atoms with Crippen molar-refractivity contribution < 1.29 is 23.9 Å². The van der Waals surface area contributed by atoms with E-state index in [-0.39, 0.29) is 24.3 Å². The number of ether oxygens (including phenoxy) is 1. The van der Waals surface area contributed by atoms with E-state index >= 15 is 0 Å². The van der Waals surface area contributed by atoms with Crippen molar-refractivity contribution in [3.8, 4) is 0 Å². The Hall–Kier alpha value is -3.68. The van der Waals surface area contributed by atoms with E-state index in [9.17, 15) is 19.2 Å². The Balaban J connectivity index is 1.48. The highest BCUT2D eigenvalue weighted by Gasteiger charge is 2.25. The normalized spacial score (nSPS) is 12.6. The SMILES string of the molecule is CC(=O)Nc1ccc(CC(=O)OCC(=O)Nc2ccccc2C(=O)NC2CC2)cc1. The van der Waals surface area contributed by atoms with Gasteiger partial charge in [0.25, 0.3) is 11.8 Å². The smallest absolute Gasteiger partial charge is 0.310 e. The first-order valence-corrected chi connectivity index (χ1v) is 9.62. The van der Waals surface area contributed by atoms with E-state index in [1.165, 1.54) is 6.92 Å². The molecule has 0 radical (unpaired) electrons. The molecule has 0 heterocycles. The molecule has 1 fully saturated rings. The van der Waals surface area contributed by atoms with Gasteiger partial charge in [0.15, 0.2) is 6.61 Å². The Bertz CT molecular complexity index is 952.